The van der Waals surface area contributed by atoms with Crippen molar-refractivity contribution in [2.24, 2.45) is 5.92 Å². The first-order chi connectivity index (χ1) is 8.21. The number of H-pyrrole nitrogens is 1. The SMILES string of the molecule is CC(C)C(=O)NNC(=O)c1cc(C(C)(C)C)[nH]n1. The lowest BCUT2D eigenvalue weighted by molar-refractivity contribution is -0.124. The van der Waals surface area contributed by atoms with Crippen molar-refractivity contribution in [1.29, 1.82) is 0 Å². The summed E-state index contributed by atoms with van der Waals surface area (Å²) in [5, 5.41) is 6.73. The van der Waals surface area contributed by atoms with Gasteiger partial charge in [0.25, 0.3) is 5.91 Å². The number of nitrogens with zero attached hydrogens (tertiary/aromatic N) is 1. The summed E-state index contributed by atoms with van der Waals surface area (Å²) < 4.78 is 0. The molecule has 100 valence electrons. The Labute approximate surface area is 107 Å². The van der Waals surface area contributed by atoms with Crippen molar-refractivity contribution < 1.29 is 9.59 Å². The summed E-state index contributed by atoms with van der Waals surface area (Å²) in [6.45, 7) is 9.54. The van der Waals surface area contributed by atoms with Crippen LogP contribution in [0.4, 0.5) is 0 Å². The fourth-order valence-electron chi connectivity index (χ4n) is 1.15. The van der Waals surface area contributed by atoms with Gasteiger partial charge in [0.1, 0.15) is 0 Å². The van der Waals surface area contributed by atoms with Crippen LogP contribution in [0.2, 0.25) is 0 Å². The van der Waals surface area contributed by atoms with E-state index in [9.17, 15) is 9.59 Å². The molecule has 1 heterocycles. The monoisotopic (exact) mass is 252 g/mol. The molecule has 0 saturated carbocycles. The van der Waals surface area contributed by atoms with Gasteiger partial charge < -0.3 is 0 Å². The molecule has 0 aromatic carbocycles. The number of hydrazine groups is 1. The van der Waals surface area contributed by atoms with Gasteiger partial charge in [0.05, 0.1) is 0 Å². The van der Waals surface area contributed by atoms with Gasteiger partial charge in [-0.2, -0.15) is 5.10 Å². The molecule has 0 aliphatic rings. The molecule has 0 fully saturated rings. The van der Waals surface area contributed by atoms with Crippen LogP contribution in [0.3, 0.4) is 0 Å². The summed E-state index contributed by atoms with van der Waals surface area (Å²) in [6, 6.07) is 1.68. The molecule has 0 saturated heterocycles. The van der Waals surface area contributed by atoms with E-state index in [0.29, 0.717) is 0 Å². The van der Waals surface area contributed by atoms with Gasteiger partial charge in [-0.15, -0.1) is 0 Å². The minimum atomic E-state index is -0.434. The van der Waals surface area contributed by atoms with E-state index < -0.39 is 5.91 Å². The molecule has 6 heteroatoms. The number of rotatable bonds is 2. The van der Waals surface area contributed by atoms with Gasteiger partial charge >= 0.3 is 0 Å². The highest BCUT2D eigenvalue weighted by Gasteiger charge is 2.19. The Morgan fingerprint density at radius 1 is 1.28 bits per heavy atom. The van der Waals surface area contributed by atoms with Crippen molar-refractivity contribution >= 4 is 11.8 Å². The normalized spacial score (nSPS) is 11.4. The molecule has 6 nitrogen and oxygen atoms in total. The second-order valence-electron chi connectivity index (χ2n) is 5.51. The Morgan fingerprint density at radius 2 is 1.89 bits per heavy atom. The van der Waals surface area contributed by atoms with Gasteiger partial charge in [0, 0.05) is 17.0 Å². The number of hydrogen-bond acceptors (Lipinski definition) is 3. The summed E-state index contributed by atoms with van der Waals surface area (Å²) in [5.41, 5.74) is 5.67. The lowest BCUT2D eigenvalue weighted by Crippen LogP contribution is -2.43. The van der Waals surface area contributed by atoms with Gasteiger partial charge in [0.2, 0.25) is 5.91 Å². The molecule has 0 aliphatic heterocycles. The number of carbonyl (C=O) groups excluding carboxylic acids is 2. The van der Waals surface area contributed by atoms with Crippen LogP contribution in [0.1, 0.15) is 50.8 Å². The highest BCUT2D eigenvalue weighted by atomic mass is 16.2. The van der Waals surface area contributed by atoms with Gasteiger partial charge in [0.15, 0.2) is 5.69 Å². The Kier molecular flexibility index (Phi) is 4.11. The van der Waals surface area contributed by atoms with Crippen molar-refractivity contribution in [2.45, 2.75) is 40.0 Å². The van der Waals surface area contributed by atoms with E-state index >= 15 is 0 Å². The van der Waals surface area contributed by atoms with Crippen LogP contribution in [-0.4, -0.2) is 22.0 Å². The Bertz CT molecular complexity index is 443. The van der Waals surface area contributed by atoms with Crippen molar-refractivity contribution in [3.05, 3.63) is 17.5 Å². The molecule has 1 rings (SSSR count). The van der Waals surface area contributed by atoms with Crippen LogP contribution in [0.25, 0.3) is 0 Å². The Morgan fingerprint density at radius 3 is 2.33 bits per heavy atom. The maximum Gasteiger partial charge on any atom is 0.290 e. The van der Waals surface area contributed by atoms with Crippen LogP contribution in [0.5, 0.6) is 0 Å². The average molecular weight is 252 g/mol. The van der Waals surface area contributed by atoms with Crippen LogP contribution >= 0.6 is 0 Å². The van der Waals surface area contributed by atoms with E-state index in [0.717, 1.165) is 5.69 Å². The van der Waals surface area contributed by atoms with Crippen molar-refractivity contribution in [1.82, 2.24) is 21.0 Å². The van der Waals surface area contributed by atoms with Crippen LogP contribution in [-0.2, 0) is 10.2 Å². The Balaban J connectivity index is 2.63. The van der Waals surface area contributed by atoms with E-state index in [1.807, 2.05) is 20.8 Å². The summed E-state index contributed by atoms with van der Waals surface area (Å²) in [5.74, 6) is -0.861. The smallest absolute Gasteiger partial charge is 0.281 e. The standard InChI is InChI=1S/C12H20N4O2/c1-7(2)10(17)15-16-11(18)8-6-9(14-13-8)12(3,4)5/h6-7H,1-5H3,(H,13,14)(H,15,17)(H,16,18). The van der Waals surface area contributed by atoms with Gasteiger partial charge in [-0.25, -0.2) is 0 Å². The molecule has 18 heavy (non-hydrogen) atoms. The molecule has 0 bridgehead atoms. The van der Waals surface area contributed by atoms with Crippen LogP contribution in [0.15, 0.2) is 6.07 Å². The predicted molar refractivity (Wildman–Crippen MR) is 67.7 cm³/mol. The summed E-state index contributed by atoms with van der Waals surface area (Å²) in [4.78, 5) is 23.0. The molecule has 0 unspecified atom stereocenters. The highest BCUT2D eigenvalue weighted by Crippen LogP contribution is 2.19. The molecular formula is C12H20N4O2. The first-order valence-corrected chi connectivity index (χ1v) is 5.88. The van der Waals surface area contributed by atoms with Crippen LogP contribution in [0, 0.1) is 5.92 Å². The molecule has 1 aromatic rings. The number of nitrogens with one attached hydrogen (secondary N) is 3. The average Bonchev–Trinajstić information content (AvgIpc) is 2.73. The van der Waals surface area contributed by atoms with E-state index in [-0.39, 0.29) is 22.9 Å². The predicted octanol–water partition coefficient (Wildman–Crippen LogP) is 1.12. The molecule has 0 aliphatic carbocycles. The molecular weight excluding hydrogens is 232 g/mol. The topological polar surface area (TPSA) is 86.9 Å². The number of amides is 2. The number of carbonyl (C=O) groups is 2. The molecule has 0 radical (unpaired) electrons. The molecule has 0 atom stereocenters. The number of aromatic nitrogens is 2. The Hall–Kier alpha value is -1.85. The molecule has 1 aromatic heterocycles. The third-order valence-corrected chi connectivity index (χ3v) is 2.44. The van der Waals surface area contributed by atoms with E-state index in [1.165, 1.54) is 0 Å². The second kappa shape index (κ2) is 5.20. The van der Waals surface area contributed by atoms with Gasteiger partial charge in [-0.1, -0.05) is 34.6 Å². The van der Waals surface area contributed by atoms with Crippen molar-refractivity contribution in [2.75, 3.05) is 0 Å². The molecule has 0 spiro atoms. The third-order valence-electron chi connectivity index (χ3n) is 2.44. The highest BCUT2D eigenvalue weighted by molar-refractivity contribution is 5.93. The second-order valence-corrected chi connectivity index (χ2v) is 5.51. The maximum absolute atomic E-state index is 11.7. The van der Waals surface area contributed by atoms with Crippen molar-refractivity contribution in [3.63, 3.8) is 0 Å². The summed E-state index contributed by atoms with van der Waals surface area (Å²) in [7, 11) is 0. The minimum Gasteiger partial charge on any atom is -0.281 e. The summed E-state index contributed by atoms with van der Waals surface area (Å²) >= 11 is 0. The van der Waals surface area contributed by atoms with Crippen molar-refractivity contribution in [3.8, 4) is 0 Å². The minimum absolute atomic E-state index is 0.104. The van der Waals surface area contributed by atoms with Crippen LogP contribution < -0.4 is 10.9 Å². The lowest BCUT2D eigenvalue weighted by atomic mass is 9.92. The molecule has 2 amide bonds. The van der Waals surface area contributed by atoms with Gasteiger partial charge in [-0.3, -0.25) is 25.5 Å². The zero-order valence-electron chi connectivity index (χ0n) is 11.4. The zero-order valence-corrected chi connectivity index (χ0v) is 11.4. The van der Waals surface area contributed by atoms with Gasteiger partial charge in [-0.05, 0) is 6.07 Å². The largest absolute Gasteiger partial charge is 0.290 e. The van der Waals surface area contributed by atoms with E-state index in [1.54, 1.807) is 19.9 Å². The number of aromatic amines is 1. The van der Waals surface area contributed by atoms with E-state index in [2.05, 4.69) is 21.0 Å². The fourth-order valence-corrected chi connectivity index (χ4v) is 1.15. The third kappa shape index (κ3) is 3.58. The first-order valence-electron chi connectivity index (χ1n) is 5.88. The van der Waals surface area contributed by atoms with E-state index in [4.69, 9.17) is 0 Å². The lowest BCUT2D eigenvalue weighted by Gasteiger charge is -2.14. The first kappa shape index (κ1) is 14.2. The number of hydrogen-bond donors (Lipinski definition) is 3. The fraction of sp³-hybridized carbons (Fsp3) is 0.583. The zero-order chi connectivity index (χ0) is 13.9. The quantitative estimate of drug-likeness (QED) is 0.689. The summed E-state index contributed by atoms with van der Waals surface area (Å²) in [6.07, 6.45) is 0. The maximum atomic E-state index is 11.7. The molecule has 3 N–H and O–H groups in total.